The summed E-state index contributed by atoms with van der Waals surface area (Å²) in [7, 11) is 2.94. The monoisotopic (exact) mass is 490 g/mol. The maximum Gasteiger partial charge on any atom is 0.330 e. The first kappa shape index (κ1) is 27.3. The van der Waals surface area contributed by atoms with Gasteiger partial charge in [0.05, 0.1) is 26.4 Å². The molecule has 3 aromatic carbocycles. The third-order valence-electron chi connectivity index (χ3n) is 5.57. The minimum atomic E-state index is -0.506. The van der Waals surface area contributed by atoms with E-state index in [1.807, 2.05) is 91.0 Å². The van der Waals surface area contributed by atoms with Gasteiger partial charge in [0, 0.05) is 13.2 Å². The molecule has 0 heterocycles. The summed E-state index contributed by atoms with van der Waals surface area (Å²) in [5.74, 6) is -0.422. The van der Waals surface area contributed by atoms with Crippen LogP contribution in [0.2, 0.25) is 0 Å². The maximum absolute atomic E-state index is 11.7. The van der Waals surface area contributed by atoms with Crippen molar-refractivity contribution in [1.82, 2.24) is 0 Å². The molecule has 0 radical (unpaired) electrons. The molecule has 0 unspecified atom stereocenters. The van der Waals surface area contributed by atoms with Crippen molar-refractivity contribution in [3.05, 3.63) is 120 Å². The van der Waals surface area contributed by atoms with Gasteiger partial charge in [-0.25, -0.2) is 4.79 Å². The van der Waals surface area contributed by atoms with Gasteiger partial charge >= 0.3 is 5.97 Å². The fraction of sp³-hybridized carbons (Fsp3) is 0.300. The van der Waals surface area contributed by atoms with Gasteiger partial charge in [0.15, 0.2) is 0 Å². The van der Waals surface area contributed by atoms with Crippen molar-refractivity contribution >= 4 is 5.97 Å². The van der Waals surface area contributed by atoms with Crippen molar-refractivity contribution in [2.75, 3.05) is 21.0 Å². The summed E-state index contributed by atoms with van der Waals surface area (Å²) >= 11 is 0. The van der Waals surface area contributed by atoms with Gasteiger partial charge in [-0.3, -0.25) is 0 Å². The van der Waals surface area contributed by atoms with E-state index in [0.717, 1.165) is 16.7 Å². The minimum Gasteiger partial charge on any atom is -0.466 e. The topological polar surface area (TPSA) is 63.2 Å². The molecule has 6 nitrogen and oxygen atoms in total. The lowest BCUT2D eigenvalue weighted by molar-refractivity contribution is -0.175. The second-order valence-corrected chi connectivity index (χ2v) is 8.16. The largest absolute Gasteiger partial charge is 0.466 e. The first-order valence-corrected chi connectivity index (χ1v) is 11.9. The van der Waals surface area contributed by atoms with E-state index in [0.29, 0.717) is 19.6 Å². The lowest BCUT2D eigenvalue weighted by atomic mass is 9.97. The normalized spacial score (nSPS) is 13.8. The molecule has 0 aliphatic heterocycles. The van der Waals surface area contributed by atoms with Crippen LogP contribution in [0, 0.1) is 0 Å². The zero-order valence-electron chi connectivity index (χ0n) is 20.8. The van der Waals surface area contributed by atoms with Crippen molar-refractivity contribution in [3.63, 3.8) is 0 Å². The number of ether oxygens (including phenoxy) is 5. The molecule has 0 aromatic heterocycles. The average Bonchev–Trinajstić information content (AvgIpc) is 2.94. The third-order valence-corrected chi connectivity index (χ3v) is 5.57. The van der Waals surface area contributed by atoms with E-state index in [2.05, 4.69) is 0 Å². The molecule has 190 valence electrons. The Hall–Kier alpha value is -3.29. The Bertz CT molecular complexity index is 1020. The summed E-state index contributed by atoms with van der Waals surface area (Å²) in [6.07, 6.45) is 2.16. The van der Waals surface area contributed by atoms with Crippen molar-refractivity contribution in [3.8, 4) is 0 Å². The molecule has 6 heteroatoms. The number of esters is 1. The highest BCUT2D eigenvalue weighted by Crippen LogP contribution is 2.30. The van der Waals surface area contributed by atoms with E-state index in [1.165, 1.54) is 13.2 Å². The maximum atomic E-state index is 11.7. The fourth-order valence-corrected chi connectivity index (χ4v) is 3.76. The predicted molar refractivity (Wildman–Crippen MR) is 138 cm³/mol. The van der Waals surface area contributed by atoms with Crippen molar-refractivity contribution in [1.29, 1.82) is 0 Å². The van der Waals surface area contributed by atoms with Crippen LogP contribution >= 0.6 is 0 Å². The zero-order valence-corrected chi connectivity index (χ0v) is 20.8. The summed E-state index contributed by atoms with van der Waals surface area (Å²) < 4.78 is 29.1. The second kappa shape index (κ2) is 15.7. The van der Waals surface area contributed by atoms with E-state index in [9.17, 15) is 4.79 Å². The first-order valence-electron chi connectivity index (χ1n) is 11.9. The number of carbonyl (C=O) groups is 1. The van der Waals surface area contributed by atoms with Crippen LogP contribution in [0.25, 0.3) is 0 Å². The quantitative estimate of drug-likeness (QED) is 0.156. The van der Waals surface area contributed by atoms with Gasteiger partial charge in [0.2, 0.25) is 0 Å². The van der Waals surface area contributed by atoms with Gasteiger partial charge in [0.1, 0.15) is 19.0 Å². The van der Waals surface area contributed by atoms with Gasteiger partial charge in [0.25, 0.3) is 0 Å². The van der Waals surface area contributed by atoms with E-state index in [-0.39, 0.29) is 6.79 Å². The van der Waals surface area contributed by atoms with Crippen LogP contribution in [0.4, 0.5) is 0 Å². The summed E-state index contributed by atoms with van der Waals surface area (Å²) in [5, 5.41) is 0. The van der Waals surface area contributed by atoms with Gasteiger partial charge in [-0.05, 0) is 23.1 Å². The van der Waals surface area contributed by atoms with E-state index >= 15 is 0 Å². The molecule has 0 aliphatic rings. The molecule has 0 saturated carbocycles. The number of rotatable bonds is 15. The van der Waals surface area contributed by atoms with E-state index < -0.39 is 24.3 Å². The number of methoxy groups -OCH3 is 2. The Morgan fingerprint density at radius 2 is 1.31 bits per heavy atom. The number of hydrogen-bond donors (Lipinski definition) is 0. The Kier molecular flexibility index (Phi) is 11.9. The fourth-order valence-electron chi connectivity index (χ4n) is 3.76. The number of benzene rings is 3. The predicted octanol–water partition coefficient (Wildman–Crippen LogP) is 5.64. The molecule has 0 bridgehead atoms. The first-order chi connectivity index (χ1) is 17.7. The Morgan fingerprint density at radius 1 is 0.750 bits per heavy atom. The lowest BCUT2D eigenvalue weighted by Gasteiger charge is -2.33. The van der Waals surface area contributed by atoms with Crippen LogP contribution in [0.1, 0.15) is 29.2 Å². The highest BCUT2D eigenvalue weighted by atomic mass is 16.7. The van der Waals surface area contributed by atoms with Crippen LogP contribution in [-0.2, 0) is 41.7 Å². The molecule has 0 N–H and O–H groups in total. The minimum absolute atomic E-state index is 0.0914. The molecule has 0 spiro atoms. The summed E-state index contributed by atoms with van der Waals surface area (Å²) in [6, 6.07) is 29.8. The molecule has 0 saturated heterocycles. The van der Waals surface area contributed by atoms with Crippen LogP contribution in [0.3, 0.4) is 0 Å². The van der Waals surface area contributed by atoms with Crippen molar-refractivity contribution < 1.29 is 28.5 Å². The molecular formula is C30H34O6. The van der Waals surface area contributed by atoms with Gasteiger partial charge < -0.3 is 23.7 Å². The van der Waals surface area contributed by atoms with Crippen LogP contribution in [-0.4, -0.2) is 39.2 Å². The molecule has 0 fully saturated rings. The second-order valence-electron chi connectivity index (χ2n) is 8.16. The van der Waals surface area contributed by atoms with Crippen LogP contribution in [0.5, 0.6) is 0 Å². The molecule has 36 heavy (non-hydrogen) atoms. The highest BCUT2D eigenvalue weighted by molar-refractivity contribution is 5.81. The standard InChI is InChI=1S/C30H34O6/c1-32-23-36-29(26-17-10-5-11-18-26)30(35-22-25-15-8-4-9-16-25)27(19-12-20-28(31)33-2)34-21-24-13-6-3-7-14-24/h3-18,20,27,29-30H,19,21-23H2,1-2H3/b20-12-/t27-,29-,30+/m1/s1. The average molecular weight is 491 g/mol. The van der Waals surface area contributed by atoms with Crippen molar-refractivity contribution in [2.24, 2.45) is 0 Å². The number of hydrogen-bond acceptors (Lipinski definition) is 6. The molecule has 3 atom stereocenters. The number of carbonyl (C=O) groups excluding carboxylic acids is 1. The van der Waals surface area contributed by atoms with Gasteiger partial charge in [-0.1, -0.05) is 97.1 Å². The Balaban J connectivity index is 1.92. The summed E-state index contributed by atoms with van der Waals surface area (Å²) in [6.45, 7) is 0.847. The zero-order chi connectivity index (χ0) is 25.4. The Morgan fingerprint density at radius 3 is 1.86 bits per heavy atom. The molecule has 0 aliphatic carbocycles. The summed E-state index contributed by atoms with van der Waals surface area (Å²) in [5.41, 5.74) is 3.01. The van der Waals surface area contributed by atoms with E-state index in [1.54, 1.807) is 13.2 Å². The third kappa shape index (κ3) is 9.06. The molecule has 3 rings (SSSR count). The molecule has 0 amide bonds. The van der Waals surface area contributed by atoms with Crippen molar-refractivity contribution in [2.45, 2.75) is 37.9 Å². The van der Waals surface area contributed by atoms with E-state index in [4.69, 9.17) is 23.7 Å². The lowest BCUT2D eigenvalue weighted by Crippen LogP contribution is -2.38. The molecular weight excluding hydrogens is 456 g/mol. The van der Waals surface area contributed by atoms with Gasteiger partial charge in [-0.2, -0.15) is 0 Å². The SMILES string of the molecule is COCO[C@H](c1ccccc1)[C@@H](OCc1ccccc1)[C@@H](C/C=C\C(=O)OC)OCc1ccccc1. The molecule has 3 aromatic rings. The van der Waals surface area contributed by atoms with Gasteiger partial charge in [-0.15, -0.1) is 0 Å². The van der Waals surface area contributed by atoms with Crippen LogP contribution < -0.4 is 0 Å². The highest BCUT2D eigenvalue weighted by Gasteiger charge is 2.33. The Labute approximate surface area is 213 Å². The summed E-state index contributed by atoms with van der Waals surface area (Å²) in [4.78, 5) is 11.7. The smallest absolute Gasteiger partial charge is 0.330 e. The van der Waals surface area contributed by atoms with Crippen LogP contribution in [0.15, 0.2) is 103 Å².